The summed E-state index contributed by atoms with van der Waals surface area (Å²) >= 11 is 0. The Kier molecular flexibility index (Phi) is 7.15. The Bertz CT molecular complexity index is 322. The largest absolute Gasteiger partial charge is 0.384 e. The third-order valence-corrected chi connectivity index (χ3v) is 2.23. The van der Waals surface area contributed by atoms with Crippen molar-refractivity contribution in [2.24, 2.45) is 0 Å². The molecule has 0 saturated heterocycles. The number of ether oxygens (including phenoxy) is 1. The number of hydrogen-bond donors (Lipinski definition) is 1. The number of aliphatic hydroxyl groups is 1. The zero-order valence-electron chi connectivity index (χ0n) is 9.48. The maximum absolute atomic E-state index is 8.40. The molecule has 0 aliphatic heterocycles. The summed E-state index contributed by atoms with van der Waals surface area (Å²) in [5.41, 5.74) is 1.38. The zero-order chi connectivity index (χ0) is 11.5. The van der Waals surface area contributed by atoms with Gasteiger partial charge in [0.25, 0.3) is 0 Å². The van der Waals surface area contributed by atoms with Crippen LogP contribution in [-0.2, 0) is 11.2 Å². The summed E-state index contributed by atoms with van der Waals surface area (Å²) < 4.78 is 5.29. The van der Waals surface area contributed by atoms with Gasteiger partial charge in [-0.15, -0.1) is 0 Å². The summed E-state index contributed by atoms with van der Waals surface area (Å²) in [6.07, 6.45) is 3.29. The van der Waals surface area contributed by atoms with E-state index in [4.69, 9.17) is 9.84 Å². The van der Waals surface area contributed by atoms with E-state index < -0.39 is 0 Å². The van der Waals surface area contributed by atoms with Crippen LogP contribution in [0.1, 0.15) is 18.4 Å². The second kappa shape index (κ2) is 8.96. The standard InChI is InChI=1S/C14H18O2/c15-11-5-7-13-16-12-6-4-10-14-8-2-1-3-9-14/h1-3,8-9,15H,4,6,10-13H2. The molecule has 0 bridgehead atoms. The number of aryl methyl sites for hydroxylation is 1. The van der Waals surface area contributed by atoms with E-state index in [0.29, 0.717) is 6.61 Å². The smallest absolute Gasteiger partial charge is 0.107 e. The first kappa shape index (κ1) is 12.8. The summed E-state index contributed by atoms with van der Waals surface area (Å²) in [6, 6.07) is 10.5. The fraction of sp³-hybridized carbons (Fsp3) is 0.429. The van der Waals surface area contributed by atoms with Crippen molar-refractivity contribution in [1.82, 2.24) is 0 Å². The van der Waals surface area contributed by atoms with Crippen LogP contribution in [0.25, 0.3) is 0 Å². The summed E-state index contributed by atoms with van der Waals surface area (Å²) in [4.78, 5) is 0. The van der Waals surface area contributed by atoms with E-state index in [2.05, 4.69) is 36.1 Å². The highest BCUT2D eigenvalue weighted by Crippen LogP contribution is 2.04. The Morgan fingerprint density at radius 2 is 1.88 bits per heavy atom. The van der Waals surface area contributed by atoms with Crippen LogP contribution in [0.4, 0.5) is 0 Å². The molecule has 2 heteroatoms. The van der Waals surface area contributed by atoms with Gasteiger partial charge in [-0.2, -0.15) is 0 Å². The Hall–Kier alpha value is -1.30. The van der Waals surface area contributed by atoms with Gasteiger partial charge in [0.05, 0.1) is 0 Å². The Morgan fingerprint density at radius 3 is 2.62 bits per heavy atom. The lowest BCUT2D eigenvalue weighted by Gasteiger charge is -2.01. The van der Waals surface area contributed by atoms with Gasteiger partial charge in [-0.3, -0.25) is 0 Å². The number of aliphatic hydroxyl groups excluding tert-OH is 1. The highest BCUT2D eigenvalue weighted by Gasteiger charge is 1.92. The monoisotopic (exact) mass is 218 g/mol. The lowest BCUT2D eigenvalue weighted by molar-refractivity contribution is 0.162. The maximum atomic E-state index is 8.40. The molecule has 1 rings (SSSR count). The number of benzene rings is 1. The highest BCUT2D eigenvalue weighted by molar-refractivity contribution is 5.14. The zero-order valence-corrected chi connectivity index (χ0v) is 9.48. The molecule has 0 saturated carbocycles. The van der Waals surface area contributed by atoms with E-state index >= 15 is 0 Å². The first-order chi connectivity index (χ1) is 7.93. The first-order valence-electron chi connectivity index (χ1n) is 5.61. The molecule has 0 atom stereocenters. The molecule has 16 heavy (non-hydrogen) atoms. The molecule has 86 valence electrons. The highest BCUT2D eigenvalue weighted by atomic mass is 16.5. The van der Waals surface area contributed by atoms with E-state index in [9.17, 15) is 0 Å². The van der Waals surface area contributed by atoms with E-state index in [1.165, 1.54) is 5.56 Å². The van der Waals surface area contributed by atoms with Crippen molar-refractivity contribution < 1.29 is 9.84 Å². The van der Waals surface area contributed by atoms with Crippen LogP contribution in [0.15, 0.2) is 30.3 Å². The molecule has 0 spiro atoms. The Morgan fingerprint density at radius 1 is 1.06 bits per heavy atom. The molecule has 0 heterocycles. The molecular weight excluding hydrogens is 200 g/mol. The Labute approximate surface area is 97.3 Å². The van der Waals surface area contributed by atoms with E-state index in [1.54, 1.807) is 0 Å². The molecule has 0 unspecified atom stereocenters. The van der Waals surface area contributed by atoms with Gasteiger partial charge in [0, 0.05) is 6.61 Å². The van der Waals surface area contributed by atoms with Crippen LogP contribution >= 0.6 is 0 Å². The molecular formula is C14H18O2. The molecule has 2 nitrogen and oxygen atoms in total. The minimum absolute atomic E-state index is 0.0859. The van der Waals surface area contributed by atoms with Gasteiger partial charge in [0.15, 0.2) is 0 Å². The number of hydrogen-bond acceptors (Lipinski definition) is 2. The van der Waals surface area contributed by atoms with Crippen LogP contribution in [0.5, 0.6) is 0 Å². The van der Waals surface area contributed by atoms with Gasteiger partial charge >= 0.3 is 0 Å². The number of unbranched alkanes of at least 4 members (excludes halogenated alkanes) is 1. The first-order valence-corrected chi connectivity index (χ1v) is 5.61. The average Bonchev–Trinajstić information content (AvgIpc) is 2.34. The molecule has 1 aromatic carbocycles. The molecule has 0 radical (unpaired) electrons. The summed E-state index contributed by atoms with van der Waals surface area (Å²) in [5.74, 6) is 5.27. The minimum atomic E-state index is -0.0859. The van der Waals surface area contributed by atoms with Gasteiger partial charge < -0.3 is 9.84 Å². The lowest BCUT2D eigenvalue weighted by Crippen LogP contribution is -1.96. The van der Waals surface area contributed by atoms with E-state index in [-0.39, 0.29) is 6.61 Å². The fourth-order valence-electron chi connectivity index (χ4n) is 1.41. The summed E-state index contributed by atoms with van der Waals surface area (Å²) in [5, 5.41) is 8.40. The molecule has 0 amide bonds. The quantitative estimate of drug-likeness (QED) is 0.584. The van der Waals surface area contributed by atoms with Crippen molar-refractivity contribution in [3.63, 3.8) is 0 Å². The van der Waals surface area contributed by atoms with Crippen molar-refractivity contribution in [3.8, 4) is 11.8 Å². The van der Waals surface area contributed by atoms with Crippen molar-refractivity contribution >= 4 is 0 Å². The average molecular weight is 218 g/mol. The molecule has 0 fully saturated rings. The molecule has 1 aromatic rings. The van der Waals surface area contributed by atoms with Crippen LogP contribution in [0.2, 0.25) is 0 Å². The van der Waals surface area contributed by atoms with Gasteiger partial charge in [0.1, 0.15) is 13.2 Å². The van der Waals surface area contributed by atoms with Gasteiger partial charge in [-0.05, 0) is 24.8 Å². The van der Waals surface area contributed by atoms with Gasteiger partial charge in [-0.1, -0.05) is 42.2 Å². The van der Waals surface area contributed by atoms with E-state index in [1.807, 2.05) is 6.07 Å². The van der Waals surface area contributed by atoms with Crippen molar-refractivity contribution in [3.05, 3.63) is 35.9 Å². The molecule has 0 aromatic heterocycles. The maximum Gasteiger partial charge on any atom is 0.107 e. The predicted molar refractivity (Wildman–Crippen MR) is 65.1 cm³/mol. The molecule has 0 aliphatic carbocycles. The third-order valence-electron chi connectivity index (χ3n) is 2.23. The SMILES string of the molecule is OCC#CCOCCCCc1ccccc1. The topological polar surface area (TPSA) is 29.5 Å². The van der Waals surface area contributed by atoms with Crippen LogP contribution in [0.3, 0.4) is 0 Å². The van der Waals surface area contributed by atoms with Crippen LogP contribution < -0.4 is 0 Å². The van der Waals surface area contributed by atoms with E-state index in [0.717, 1.165) is 25.9 Å². The summed E-state index contributed by atoms with van der Waals surface area (Å²) in [6.45, 7) is 1.08. The molecule has 0 aliphatic rings. The molecule has 1 N–H and O–H groups in total. The van der Waals surface area contributed by atoms with Crippen LogP contribution in [0, 0.1) is 11.8 Å². The third kappa shape index (κ3) is 6.23. The van der Waals surface area contributed by atoms with Crippen LogP contribution in [-0.4, -0.2) is 24.9 Å². The predicted octanol–water partition coefficient (Wildman–Crippen LogP) is 2.02. The van der Waals surface area contributed by atoms with Gasteiger partial charge in [0.2, 0.25) is 0 Å². The second-order valence-corrected chi connectivity index (χ2v) is 3.51. The second-order valence-electron chi connectivity index (χ2n) is 3.51. The normalized spacial score (nSPS) is 9.56. The van der Waals surface area contributed by atoms with Crippen molar-refractivity contribution in [1.29, 1.82) is 0 Å². The lowest BCUT2D eigenvalue weighted by atomic mass is 10.1. The number of rotatable bonds is 6. The minimum Gasteiger partial charge on any atom is -0.384 e. The summed E-state index contributed by atoms with van der Waals surface area (Å²) in [7, 11) is 0. The fourth-order valence-corrected chi connectivity index (χ4v) is 1.41. The van der Waals surface area contributed by atoms with Crippen molar-refractivity contribution in [2.75, 3.05) is 19.8 Å². The van der Waals surface area contributed by atoms with Crippen molar-refractivity contribution in [2.45, 2.75) is 19.3 Å². The Balaban J connectivity index is 1.96. The van der Waals surface area contributed by atoms with Gasteiger partial charge in [-0.25, -0.2) is 0 Å².